The molecule has 126 valence electrons. The van der Waals surface area contributed by atoms with Crippen LogP contribution in [0.15, 0.2) is 47.4 Å². The van der Waals surface area contributed by atoms with Gasteiger partial charge in [-0.3, -0.25) is 4.79 Å². The maximum atomic E-state index is 12.4. The van der Waals surface area contributed by atoms with E-state index in [1.54, 1.807) is 24.1 Å². The van der Waals surface area contributed by atoms with Gasteiger partial charge in [0.1, 0.15) is 0 Å². The van der Waals surface area contributed by atoms with Crippen LogP contribution in [-0.4, -0.2) is 21.4 Å². The summed E-state index contributed by atoms with van der Waals surface area (Å²) in [6, 6.07) is 12.5. The summed E-state index contributed by atoms with van der Waals surface area (Å²) in [5.74, 6) is 0.0544. The molecule has 1 N–H and O–H groups in total. The third-order valence-electron chi connectivity index (χ3n) is 4.33. The predicted molar refractivity (Wildman–Crippen MR) is 93.4 cm³/mol. The Balaban J connectivity index is 1.73. The van der Waals surface area contributed by atoms with Crippen molar-refractivity contribution in [1.29, 1.82) is 0 Å². The lowest BCUT2D eigenvalue weighted by molar-refractivity contribution is -0.117. The van der Waals surface area contributed by atoms with E-state index >= 15 is 0 Å². The van der Waals surface area contributed by atoms with Gasteiger partial charge in [-0.2, -0.15) is 0 Å². The summed E-state index contributed by atoms with van der Waals surface area (Å²) in [6.07, 6.45) is 1.24. The fourth-order valence-electron chi connectivity index (χ4n) is 2.80. The van der Waals surface area contributed by atoms with Gasteiger partial charge in [-0.15, -0.1) is 0 Å². The third kappa shape index (κ3) is 3.20. The van der Waals surface area contributed by atoms with E-state index in [0.29, 0.717) is 6.42 Å². The molecule has 1 amide bonds. The Labute approximate surface area is 142 Å². The molecule has 0 saturated heterocycles. The summed E-state index contributed by atoms with van der Waals surface area (Å²) in [5.41, 5.74) is 3.76. The topological polar surface area (TPSA) is 66.5 Å². The van der Waals surface area contributed by atoms with E-state index in [9.17, 15) is 13.2 Å². The van der Waals surface area contributed by atoms with Crippen molar-refractivity contribution in [3.63, 3.8) is 0 Å². The van der Waals surface area contributed by atoms with Crippen LogP contribution in [-0.2, 0) is 34.2 Å². The van der Waals surface area contributed by atoms with E-state index in [-0.39, 0.29) is 17.3 Å². The molecule has 5 nitrogen and oxygen atoms in total. The van der Waals surface area contributed by atoms with Gasteiger partial charge in [0.25, 0.3) is 0 Å². The number of hydrogen-bond acceptors (Lipinski definition) is 3. The highest BCUT2D eigenvalue weighted by Gasteiger charge is 2.24. The first-order valence-electron chi connectivity index (χ1n) is 7.87. The molecule has 6 heteroatoms. The Bertz CT molecular complexity index is 874. The number of aryl methyl sites for hydroxylation is 1. The minimum atomic E-state index is -3.55. The molecule has 0 atom stereocenters. The van der Waals surface area contributed by atoms with Crippen LogP contribution in [0.4, 0.5) is 5.69 Å². The number of hydrogen-bond donors (Lipinski definition) is 1. The number of fused-ring (bicyclic) bond motifs is 1. The van der Waals surface area contributed by atoms with Gasteiger partial charge < -0.3 is 4.90 Å². The number of likely N-dealkylation sites (N-methyl/N-ethyl adjacent to an activating group) is 1. The molecule has 2 aromatic rings. The molecule has 0 bridgehead atoms. The normalized spacial score (nSPS) is 14.1. The first-order chi connectivity index (χ1) is 11.4. The van der Waals surface area contributed by atoms with Crippen molar-refractivity contribution in [2.24, 2.45) is 0 Å². The summed E-state index contributed by atoms with van der Waals surface area (Å²) < 4.78 is 27.4. The Morgan fingerprint density at radius 3 is 2.42 bits per heavy atom. The van der Waals surface area contributed by atoms with Gasteiger partial charge in [0.05, 0.1) is 11.3 Å². The highest BCUT2D eigenvalue weighted by molar-refractivity contribution is 7.89. The van der Waals surface area contributed by atoms with Crippen LogP contribution in [0.5, 0.6) is 0 Å². The number of rotatable bonds is 5. The molecule has 0 saturated carbocycles. The molecule has 0 aromatic heterocycles. The molecule has 24 heavy (non-hydrogen) atoms. The van der Waals surface area contributed by atoms with Crippen LogP contribution in [0, 0.1) is 0 Å². The van der Waals surface area contributed by atoms with Crippen LogP contribution in [0.25, 0.3) is 0 Å². The standard InChI is InChI=1S/C18H20N2O3S/c1-3-13-4-7-16(8-5-13)24(22,23)19-12-14-6-9-17-15(10-14)11-18(21)20(17)2/h4-10,19H,3,11-12H2,1-2H3. The Hall–Kier alpha value is -2.18. The van der Waals surface area contributed by atoms with E-state index in [1.807, 2.05) is 37.3 Å². The molecule has 1 heterocycles. The van der Waals surface area contributed by atoms with Crippen molar-refractivity contribution in [3.8, 4) is 0 Å². The Morgan fingerprint density at radius 1 is 1.08 bits per heavy atom. The highest BCUT2D eigenvalue weighted by Crippen LogP contribution is 2.28. The fraction of sp³-hybridized carbons (Fsp3) is 0.278. The van der Waals surface area contributed by atoms with Crippen LogP contribution in [0.3, 0.4) is 0 Å². The van der Waals surface area contributed by atoms with Crippen molar-refractivity contribution in [3.05, 3.63) is 59.2 Å². The van der Waals surface area contributed by atoms with Crippen LogP contribution in [0.1, 0.15) is 23.6 Å². The summed E-state index contributed by atoms with van der Waals surface area (Å²) in [7, 11) is -1.80. The maximum Gasteiger partial charge on any atom is 0.240 e. The predicted octanol–water partition coefficient (Wildman–Crippen LogP) is 2.25. The second kappa shape index (κ2) is 6.37. The van der Waals surface area contributed by atoms with Gasteiger partial charge in [0.2, 0.25) is 15.9 Å². The number of carbonyl (C=O) groups excluding carboxylic acids is 1. The van der Waals surface area contributed by atoms with Crippen LogP contribution in [0.2, 0.25) is 0 Å². The van der Waals surface area contributed by atoms with Gasteiger partial charge in [0, 0.05) is 19.3 Å². The van der Waals surface area contributed by atoms with E-state index in [2.05, 4.69) is 4.72 Å². The van der Waals surface area contributed by atoms with Gasteiger partial charge >= 0.3 is 0 Å². The van der Waals surface area contributed by atoms with Crippen LogP contribution < -0.4 is 9.62 Å². The third-order valence-corrected chi connectivity index (χ3v) is 5.75. The quantitative estimate of drug-likeness (QED) is 0.905. The molecule has 3 rings (SSSR count). The second-order valence-corrected chi connectivity index (χ2v) is 7.68. The number of nitrogens with one attached hydrogen (secondary N) is 1. The SMILES string of the molecule is CCc1ccc(S(=O)(=O)NCc2ccc3c(c2)CC(=O)N3C)cc1. The average molecular weight is 344 g/mol. The fourth-order valence-corrected chi connectivity index (χ4v) is 3.82. The zero-order valence-corrected chi connectivity index (χ0v) is 14.6. The maximum absolute atomic E-state index is 12.4. The summed E-state index contributed by atoms with van der Waals surface area (Å²) in [5, 5.41) is 0. The molecular weight excluding hydrogens is 324 g/mol. The summed E-state index contributed by atoms with van der Waals surface area (Å²) >= 11 is 0. The van der Waals surface area contributed by atoms with Crippen molar-refractivity contribution >= 4 is 21.6 Å². The number of anilines is 1. The summed E-state index contributed by atoms with van der Waals surface area (Å²) in [4.78, 5) is 13.6. The molecule has 0 fully saturated rings. The minimum Gasteiger partial charge on any atom is -0.315 e. The summed E-state index contributed by atoms with van der Waals surface area (Å²) in [6.45, 7) is 2.22. The minimum absolute atomic E-state index is 0.0544. The monoisotopic (exact) mass is 344 g/mol. The molecule has 0 spiro atoms. The van der Waals surface area contributed by atoms with Gasteiger partial charge in [-0.05, 0) is 41.3 Å². The van der Waals surface area contributed by atoms with Gasteiger partial charge in [-0.1, -0.05) is 31.2 Å². The van der Waals surface area contributed by atoms with Crippen molar-refractivity contribution < 1.29 is 13.2 Å². The van der Waals surface area contributed by atoms with Crippen molar-refractivity contribution in [2.45, 2.75) is 31.2 Å². The first kappa shape index (κ1) is 16.7. The average Bonchev–Trinajstić information content (AvgIpc) is 2.87. The molecule has 0 radical (unpaired) electrons. The number of nitrogens with zero attached hydrogens (tertiary/aromatic N) is 1. The lowest BCUT2D eigenvalue weighted by Gasteiger charge is -2.11. The number of carbonyl (C=O) groups is 1. The molecule has 0 aliphatic carbocycles. The number of sulfonamides is 1. The lowest BCUT2D eigenvalue weighted by Crippen LogP contribution is -2.23. The van der Waals surface area contributed by atoms with E-state index < -0.39 is 10.0 Å². The van der Waals surface area contributed by atoms with E-state index in [1.165, 1.54) is 0 Å². The van der Waals surface area contributed by atoms with Gasteiger partial charge in [0.15, 0.2) is 0 Å². The molecule has 0 unspecified atom stereocenters. The Kier molecular flexibility index (Phi) is 4.43. The first-order valence-corrected chi connectivity index (χ1v) is 9.36. The lowest BCUT2D eigenvalue weighted by atomic mass is 10.1. The van der Waals surface area contributed by atoms with Crippen molar-refractivity contribution in [1.82, 2.24) is 4.72 Å². The zero-order chi connectivity index (χ0) is 17.3. The number of benzene rings is 2. The smallest absolute Gasteiger partial charge is 0.240 e. The van der Waals surface area contributed by atoms with Crippen LogP contribution >= 0.6 is 0 Å². The Morgan fingerprint density at radius 2 is 1.75 bits per heavy atom. The molecule has 2 aromatic carbocycles. The molecular formula is C18H20N2O3S. The second-order valence-electron chi connectivity index (χ2n) is 5.91. The molecule has 1 aliphatic rings. The van der Waals surface area contributed by atoms with E-state index in [4.69, 9.17) is 0 Å². The highest BCUT2D eigenvalue weighted by atomic mass is 32.2. The zero-order valence-electron chi connectivity index (χ0n) is 13.7. The van der Waals surface area contributed by atoms with E-state index in [0.717, 1.165) is 28.8 Å². The number of amides is 1. The largest absolute Gasteiger partial charge is 0.315 e. The molecule has 1 aliphatic heterocycles. The van der Waals surface area contributed by atoms with Crippen molar-refractivity contribution in [2.75, 3.05) is 11.9 Å². The van der Waals surface area contributed by atoms with Gasteiger partial charge in [-0.25, -0.2) is 13.1 Å².